The fourth-order valence-corrected chi connectivity index (χ4v) is 3.56. The average molecular weight is 306 g/mol. The first-order valence-electron chi connectivity index (χ1n) is 8.31. The minimum atomic E-state index is 0.123. The Morgan fingerprint density at radius 1 is 1.35 bits per heavy atom. The van der Waals surface area contributed by atoms with Crippen LogP contribution in [0.15, 0.2) is 36.2 Å². The molecule has 0 fully saturated rings. The highest BCUT2D eigenvalue weighted by molar-refractivity contribution is 5.95. The minimum Gasteiger partial charge on any atom is -0.500 e. The standard InChI is InChI=1S/C20H22N2O/c1-3-4-8-17-19-16-9-6-5-7-15(16)13-22-18(19)12-14(10-11-21)20(17)23-2/h5-7,9,13-14H,3-4,8,10,12H2,1-2H3/t14-/m0/s1. The molecule has 0 amide bonds. The summed E-state index contributed by atoms with van der Waals surface area (Å²) in [4.78, 5) is 4.71. The predicted molar refractivity (Wildman–Crippen MR) is 92.6 cm³/mol. The number of ether oxygens (including phenoxy) is 1. The van der Waals surface area contributed by atoms with Gasteiger partial charge in [0.15, 0.2) is 0 Å². The largest absolute Gasteiger partial charge is 0.500 e. The average Bonchev–Trinajstić information content (AvgIpc) is 2.59. The van der Waals surface area contributed by atoms with Gasteiger partial charge in [0.2, 0.25) is 0 Å². The van der Waals surface area contributed by atoms with Gasteiger partial charge in [-0.3, -0.25) is 4.98 Å². The molecule has 0 N–H and O–H groups in total. The number of methoxy groups -OCH3 is 1. The van der Waals surface area contributed by atoms with Gasteiger partial charge in [0, 0.05) is 41.6 Å². The van der Waals surface area contributed by atoms with E-state index in [1.165, 1.54) is 16.5 Å². The number of aromatic nitrogens is 1. The van der Waals surface area contributed by atoms with Gasteiger partial charge in [0.25, 0.3) is 0 Å². The summed E-state index contributed by atoms with van der Waals surface area (Å²) in [6.07, 6.45) is 6.44. The monoisotopic (exact) mass is 306 g/mol. The van der Waals surface area contributed by atoms with E-state index in [0.717, 1.165) is 42.5 Å². The topological polar surface area (TPSA) is 45.9 Å². The second-order valence-corrected chi connectivity index (χ2v) is 6.08. The van der Waals surface area contributed by atoms with Crippen molar-refractivity contribution in [2.45, 2.75) is 39.0 Å². The maximum absolute atomic E-state index is 9.17. The zero-order chi connectivity index (χ0) is 16.2. The van der Waals surface area contributed by atoms with E-state index in [0.29, 0.717) is 6.42 Å². The zero-order valence-corrected chi connectivity index (χ0v) is 13.8. The maximum atomic E-state index is 9.17. The lowest BCUT2D eigenvalue weighted by molar-refractivity contribution is 0.239. The highest BCUT2D eigenvalue weighted by atomic mass is 16.5. The van der Waals surface area contributed by atoms with E-state index in [-0.39, 0.29) is 5.92 Å². The molecule has 1 heterocycles. The SMILES string of the molecule is CCCCC1=C(OC)[C@@H](CC#N)Cc2ncc3ccccc3c21. The fraction of sp³-hybridized carbons (Fsp3) is 0.400. The predicted octanol–water partition coefficient (Wildman–Crippen LogP) is 4.87. The van der Waals surface area contributed by atoms with E-state index >= 15 is 0 Å². The normalized spacial score (nSPS) is 17.0. The molecule has 3 heteroatoms. The third-order valence-corrected chi connectivity index (χ3v) is 4.63. The van der Waals surface area contributed by atoms with Crippen LogP contribution in [0.25, 0.3) is 16.3 Å². The van der Waals surface area contributed by atoms with Crippen LogP contribution in [-0.2, 0) is 11.2 Å². The van der Waals surface area contributed by atoms with Crippen LogP contribution < -0.4 is 0 Å². The van der Waals surface area contributed by atoms with Crippen LogP contribution in [0.3, 0.4) is 0 Å². The van der Waals surface area contributed by atoms with Gasteiger partial charge in [-0.2, -0.15) is 5.26 Å². The van der Waals surface area contributed by atoms with Crippen molar-refractivity contribution in [3.8, 4) is 6.07 Å². The summed E-state index contributed by atoms with van der Waals surface area (Å²) in [6, 6.07) is 10.7. The molecule has 0 bridgehead atoms. The van der Waals surface area contributed by atoms with Crippen molar-refractivity contribution in [1.82, 2.24) is 4.98 Å². The van der Waals surface area contributed by atoms with Crippen LogP contribution in [0.4, 0.5) is 0 Å². The Morgan fingerprint density at radius 3 is 2.91 bits per heavy atom. The molecule has 0 aliphatic heterocycles. The molecule has 1 aliphatic rings. The van der Waals surface area contributed by atoms with Crippen LogP contribution in [0.2, 0.25) is 0 Å². The van der Waals surface area contributed by atoms with E-state index in [1.54, 1.807) is 7.11 Å². The fourth-order valence-electron chi connectivity index (χ4n) is 3.56. The Bertz CT molecular complexity index is 786. The smallest absolute Gasteiger partial charge is 0.104 e. The molecular weight excluding hydrogens is 284 g/mol. The molecule has 1 aromatic carbocycles. The molecule has 118 valence electrons. The summed E-state index contributed by atoms with van der Waals surface area (Å²) < 4.78 is 5.77. The summed E-state index contributed by atoms with van der Waals surface area (Å²) in [5, 5.41) is 11.6. The molecule has 3 nitrogen and oxygen atoms in total. The van der Waals surface area contributed by atoms with Gasteiger partial charge in [-0.25, -0.2) is 0 Å². The quantitative estimate of drug-likeness (QED) is 0.791. The molecule has 1 aliphatic carbocycles. The number of rotatable bonds is 5. The van der Waals surface area contributed by atoms with Crippen LogP contribution in [0, 0.1) is 17.2 Å². The van der Waals surface area contributed by atoms with Gasteiger partial charge >= 0.3 is 0 Å². The first-order valence-corrected chi connectivity index (χ1v) is 8.31. The molecule has 0 saturated heterocycles. The number of allylic oxidation sites excluding steroid dienone is 2. The van der Waals surface area contributed by atoms with E-state index in [4.69, 9.17) is 15.0 Å². The van der Waals surface area contributed by atoms with E-state index in [9.17, 15) is 0 Å². The van der Waals surface area contributed by atoms with E-state index in [2.05, 4.69) is 31.2 Å². The summed E-state index contributed by atoms with van der Waals surface area (Å²) >= 11 is 0. The van der Waals surface area contributed by atoms with Crippen molar-refractivity contribution in [2.24, 2.45) is 5.92 Å². The molecule has 0 radical (unpaired) electrons. The van der Waals surface area contributed by atoms with Crippen LogP contribution in [0.5, 0.6) is 0 Å². The van der Waals surface area contributed by atoms with Gasteiger partial charge in [-0.05, 0) is 23.8 Å². The van der Waals surface area contributed by atoms with Gasteiger partial charge < -0.3 is 4.74 Å². The summed E-state index contributed by atoms with van der Waals surface area (Å²) in [6.45, 7) is 2.20. The highest BCUT2D eigenvalue weighted by Gasteiger charge is 2.30. The number of hydrogen-bond donors (Lipinski definition) is 0. The third-order valence-electron chi connectivity index (χ3n) is 4.63. The summed E-state index contributed by atoms with van der Waals surface area (Å²) in [5.41, 5.74) is 3.60. The molecule has 1 aromatic heterocycles. The summed E-state index contributed by atoms with van der Waals surface area (Å²) in [7, 11) is 1.73. The van der Waals surface area contributed by atoms with Crippen molar-refractivity contribution in [3.63, 3.8) is 0 Å². The first-order chi connectivity index (χ1) is 11.3. The number of unbranched alkanes of at least 4 members (excludes halogenated alkanes) is 1. The molecule has 0 saturated carbocycles. The second-order valence-electron chi connectivity index (χ2n) is 6.08. The van der Waals surface area contributed by atoms with Gasteiger partial charge in [-0.15, -0.1) is 0 Å². The van der Waals surface area contributed by atoms with Gasteiger partial charge in [-0.1, -0.05) is 37.6 Å². The number of fused-ring (bicyclic) bond motifs is 3. The number of hydrogen-bond acceptors (Lipinski definition) is 3. The molecule has 3 rings (SSSR count). The van der Waals surface area contributed by atoms with Crippen molar-refractivity contribution in [3.05, 3.63) is 47.5 Å². The molecule has 1 atom stereocenters. The lowest BCUT2D eigenvalue weighted by Gasteiger charge is -2.28. The van der Waals surface area contributed by atoms with E-state index in [1.807, 2.05) is 12.3 Å². The Kier molecular flexibility index (Phi) is 4.62. The molecule has 0 spiro atoms. The van der Waals surface area contributed by atoms with Crippen molar-refractivity contribution in [1.29, 1.82) is 5.26 Å². The van der Waals surface area contributed by atoms with Crippen molar-refractivity contribution < 1.29 is 4.74 Å². The Hall–Kier alpha value is -2.34. The maximum Gasteiger partial charge on any atom is 0.104 e. The minimum absolute atomic E-state index is 0.123. The van der Waals surface area contributed by atoms with Gasteiger partial charge in [0.05, 0.1) is 13.2 Å². The third kappa shape index (κ3) is 2.82. The Labute approximate surface area is 137 Å². The summed E-state index contributed by atoms with van der Waals surface area (Å²) in [5.74, 6) is 1.11. The Balaban J connectivity index is 2.23. The number of pyridine rings is 1. The van der Waals surface area contributed by atoms with Gasteiger partial charge in [0.1, 0.15) is 5.76 Å². The van der Waals surface area contributed by atoms with E-state index < -0.39 is 0 Å². The number of benzene rings is 1. The molecule has 23 heavy (non-hydrogen) atoms. The zero-order valence-electron chi connectivity index (χ0n) is 13.8. The first kappa shape index (κ1) is 15.6. The Morgan fingerprint density at radius 2 is 2.17 bits per heavy atom. The van der Waals surface area contributed by atoms with Crippen molar-refractivity contribution in [2.75, 3.05) is 7.11 Å². The molecule has 2 aromatic rings. The number of nitrogens with zero attached hydrogens (tertiary/aromatic N) is 2. The number of nitriles is 1. The van der Waals surface area contributed by atoms with Crippen molar-refractivity contribution >= 4 is 16.3 Å². The second kappa shape index (κ2) is 6.83. The van der Waals surface area contributed by atoms with Crippen LogP contribution >= 0.6 is 0 Å². The lowest BCUT2D eigenvalue weighted by Crippen LogP contribution is -2.19. The van der Waals surface area contributed by atoms with Crippen LogP contribution in [-0.4, -0.2) is 12.1 Å². The molecule has 0 unspecified atom stereocenters. The van der Waals surface area contributed by atoms with Crippen LogP contribution in [0.1, 0.15) is 43.9 Å². The highest BCUT2D eigenvalue weighted by Crippen LogP contribution is 2.41. The lowest BCUT2D eigenvalue weighted by atomic mass is 9.80. The molecular formula is C20H22N2O.